The number of morpholine rings is 1. The van der Waals surface area contributed by atoms with Crippen LogP contribution < -0.4 is 4.90 Å². The Morgan fingerprint density at radius 1 is 1.47 bits per heavy atom. The molecule has 0 aromatic heterocycles. The zero-order valence-electron chi connectivity index (χ0n) is 10.6. The standard InChI is InChI=1S/C14H21NO2/c1-3-12-10-15(8-9-17-12)14-7-5-4-6-13(14)11(2)16/h4-7,11-12,16H,3,8-10H2,1-2H3/t11-,12?/m0/s1. The molecule has 1 aromatic rings. The summed E-state index contributed by atoms with van der Waals surface area (Å²) in [5.74, 6) is 0. The molecule has 3 nitrogen and oxygen atoms in total. The lowest BCUT2D eigenvalue weighted by atomic mass is 10.1. The van der Waals surface area contributed by atoms with Crippen LogP contribution in [0, 0.1) is 0 Å². The van der Waals surface area contributed by atoms with E-state index in [1.165, 1.54) is 0 Å². The summed E-state index contributed by atoms with van der Waals surface area (Å²) >= 11 is 0. The van der Waals surface area contributed by atoms with Gasteiger partial charge in [-0.25, -0.2) is 0 Å². The zero-order chi connectivity index (χ0) is 12.3. The molecule has 3 heteroatoms. The molecule has 1 aliphatic heterocycles. The highest BCUT2D eigenvalue weighted by atomic mass is 16.5. The number of nitrogens with zero attached hydrogens (tertiary/aromatic N) is 1. The maximum absolute atomic E-state index is 9.80. The zero-order valence-corrected chi connectivity index (χ0v) is 10.6. The van der Waals surface area contributed by atoms with E-state index in [-0.39, 0.29) is 0 Å². The molecular weight excluding hydrogens is 214 g/mol. The molecule has 1 aliphatic rings. The highest BCUT2D eigenvalue weighted by Crippen LogP contribution is 2.27. The number of aliphatic hydroxyl groups is 1. The topological polar surface area (TPSA) is 32.7 Å². The molecule has 0 amide bonds. The Bertz CT molecular complexity index is 365. The van der Waals surface area contributed by atoms with Gasteiger partial charge in [0, 0.05) is 24.3 Å². The smallest absolute Gasteiger partial charge is 0.0781 e. The molecule has 0 saturated carbocycles. The van der Waals surface area contributed by atoms with Crippen molar-refractivity contribution >= 4 is 5.69 Å². The summed E-state index contributed by atoms with van der Waals surface area (Å²) in [7, 11) is 0. The predicted octanol–water partition coefficient (Wildman–Crippen LogP) is 2.36. The number of ether oxygens (including phenoxy) is 1. The molecule has 1 heterocycles. The molecule has 17 heavy (non-hydrogen) atoms. The number of hydrogen-bond acceptors (Lipinski definition) is 3. The molecule has 0 radical (unpaired) electrons. The van der Waals surface area contributed by atoms with Crippen LogP contribution in [0.2, 0.25) is 0 Å². The van der Waals surface area contributed by atoms with Gasteiger partial charge >= 0.3 is 0 Å². The van der Waals surface area contributed by atoms with Crippen molar-refractivity contribution in [1.82, 2.24) is 0 Å². The highest BCUT2D eigenvalue weighted by molar-refractivity contribution is 5.54. The molecule has 2 atom stereocenters. The second kappa shape index (κ2) is 5.52. The van der Waals surface area contributed by atoms with Crippen molar-refractivity contribution in [2.75, 3.05) is 24.6 Å². The fourth-order valence-corrected chi connectivity index (χ4v) is 2.31. The van der Waals surface area contributed by atoms with Gasteiger partial charge in [0.25, 0.3) is 0 Å². The number of aliphatic hydroxyl groups excluding tert-OH is 1. The summed E-state index contributed by atoms with van der Waals surface area (Å²) in [6.45, 7) is 6.55. The molecule has 1 fully saturated rings. The van der Waals surface area contributed by atoms with Crippen LogP contribution in [0.5, 0.6) is 0 Å². The number of hydrogen-bond donors (Lipinski definition) is 1. The second-order valence-corrected chi connectivity index (χ2v) is 4.58. The van der Waals surface area contributed by atoms with Crippen molar-refractivity contribution in [1.29, 1.82) is 0 Å². The van der Waals surface area contributed by atoms with Crippen molar-refractivity contribution in [3.63, 3.8) is 0 Å². The third-order valence-corrected chi connectivity index (χ3v) is 3.32. The number of para-hydroxylation sites is 1. The molecule has 1 N–H and O–H groups in total. The van der Waals surface area contributed by atoms with E-state index in [0.29, 0.717) is 6.10 Å². The van der Waals surface area contributed by atoms with Crippen LogP contribution >= 0.6 is 0 Å². The Hall–Kier alpha value is -1.06. The summed E-state index contributed by atoms with van der Waals surface area (Å²) in [6.07, 6.45) is 0.924. The third kappa shape index (κ3) is 2.79. The minimum absolute atomic E-state index is 0.311. The summed E-state index contributed by atoms with van der Waals surface area (Å²) in [4.78, 5) is 2.32. The largest absolute Gasteiger partial charge is 0.389 e. The van der Waals surface area contributed by atoms with E-state index in [1.54, 1.807) is 0 Å². The Balaban J connectivity index is 2.21. The van der Waals surface area contributed by atoms with Gasteiger partial charge in [0.1, 0.15) is 0 Å². The van der Waals surface area contributed by atoms with Gasteiger partial charge in [-0.15, -0.1) is 0 Å². The van der Waals surface area contributed by atoms with Gasteiger partial charge in [-0.05, 0) is 19.4 Å². The van der Waals surface area contributed by atoms with Gasteiger partial charge in [-0.2, -0.15) is 0 Å². The van der Waals surface area contributed by atoms with E-state index < -0.39 is 6.10 Å². The summed E-state index contributed by atoms with van der Waals surface area (Å²) < 4.78 is 5.68. The van der Waals surface area contributed by atoms with Crippen LogP contribution in [0.3, 0.4) is 0 Å². The number of benzene rings is 1. The minimum Gasteiger partial charge on any atom is -0.389 e. The van der Waals surface area contributed by atoms with Crippen LogP contribution in [0.1, 0.15) is 31.9 Å². The van der Waals surface area contributed by atoms with Crippen molar-refractivity contribution in [2.45, 2.75) is 32.5 Å². The van der Waals surface area contributed by atoms with Gasteiger partial charge in [0.2, 0.25) is 0 Å². The fourth-order valence-electron chi connectivity index (χ4n) is 2.31. The fraction of sp³-hybridized carbons (Fsp3) is 0.571. The summed E-state index contributed by atoms with van der Waals surface area (Å²) in [5, 5.41) is 9.80. The molecule has 0 spiro atoms. The van der Waals surface area contributed by atoms with Crippen LogP contribution in [-0.2, 0) is 4.74 Å². The van der Waals surface area contributed by atoms with Gasteiger partial charge in [0.05, 0.1) is 18.8 Å². The molecule has 94 valence electrons. The lowest BCUT2D eigenvalue weighted by Crippen LogP contribution is -2.42. The Morgan fingerprint density at radius 3 is 2.94 bits per heavy atom. The Morgan fingerprint density at radius 2 is 2.24 bits per heavy atom. The second-order valence-electron chi connectivity index (χ2n) is 4.58. The molecule has 1 unspecified atom stereocenters. The maximum Gasteiger partial charge on any atom is 0.0781 e. The van der Waals surface area contributed by atoms with Crippen molar-refractivity contribution in [2.24, 2.45) is 0 Å². The van der Waals surface area contributed by atoms with E-state index >= 15 is 0 Å². The van der Waals surface area contributed by atoms with Crippen molar-refractivity contribution in [3.05, 3.63) is 29.8 Å². The predicted molar refractivity (Wildman–Crippen MR) is 69.3 cm³/mol. The summed E-state index contributed by atoms with van der Waals surface area (Å²) in [5.41, 5.74) is 2.15. The average Bonchev–Trinajstić information content (AvgIpc) is 2.39. The quantitative estimate of drug-likeness (QED) is 0.873. The normalized spacial score (nSPS) is 22.5. The minimum atomic E-state index is -0.422. The highest BCUT2D eigenvalue weighted by Gasteiger charge is 2.21. The molecule has 1 saturated heterocycles. The molecule has 2 rings (SSSR count). The lowest BCUT2D eigenvalue weighted by Gasteiger charge is -2.35. The van der Waals surface area contributed by atoms with E-state index in [0.717, 1.165) is 37.4 Å². The van der Waals surface area contributed by atoms with Gasteiger partial charge in [0.15, 0.2) is 0 Å². The SMILES string of the molecule is CCC1CN(c2ccccc2[C@H](C)O)CCO1. The first-order valence-corrected chi connectivity index (χ1v) is 6.36. The van der Waals surface area contributed by atoms with E-state index in [1.807, 2.05) is 25.1 Å². The van der Waals surface area contributed by atoms with Crippen molar-refractivity contribution < 1.29 is 9.84 Å². The molecule has 0 aliphatic carbocycles. The number of rotatable bonds is 3. The Labute approximate surface area is 103 Å². The van der Waals surface area contributed by atoms with Gasteiger partial charge in [-0.1, -0.05) is 25.1 Å². The summed E-state index contributed by atoms with van der Waals surface area (Å²) in [6, 6.07) is 8.08. The van der Waals surface area contributed by atoms with Gasteiger partial charge in [-0.3, -0.25) is 0 Å². The Kier molecular flexibility index (Phi) is 4.02. The van der Waals surface area contributed by atoms with Gasteiger partial charge < -0.3 is 14.7 Å². The number of anilines is 1. The van der Waals surface area contributed by atoms with E-state index in [9.17, 15) is 5.11 Å². The van der Waals surface area contributed by atoms with Crippen LogP contribution in [0.15, 0.2) is 24.3 Å². The van der Waals surface area contributed by atoms with Crippen molar-refractivity contribution in [3.8, 4) is 0 Å². The average molecular weight is 235 g/mol. The lowest BCUT2D eigenvalue weighted by molar-refractivity contribution is 0.0382. The molecule has 1 aromatic carbocycles. The first-order valence-electron chi connectivity index (χ1n) is 6.36. The first kappa shape index (κ1) is 12.4. The van der Waals surface area contributed by atoms with E-state index in [2.05, 4.69) is 17.9 Å². The third-order valence-electron chi connectivity index (χ3n) is 3.32. The van der Waals surface area contributed by atoms with Crippen LogP contribution in [-0.4, -0.2) is 30.9 Å². The van der Waals surface area contributed by atoms with Crippen LogP contribution in [0.25, 0.3) is 0 Å². The molecular formula is C14H21NO2. The first-order chi connectivity index (χ1) is 8.22. The molecule has 0 bridgehead atoms. The van der Waals surface area contributed by atoms with Crippen LogP contribution in [0.4, 0.5) is 5.69 Å². The van der Waals surface area contributed by atoms with E-state index in [4.69, 9.17) is 4.74 Å². The monoisotopic (exact) mass is 235 g/mol. The maximum atomic E-state index is 9.80.